The van der Waals surface area contributed by atoms with E-state index in [0.717, 1.165) is 22.1 Å². The van der Waals surface area contributed by atoms with E-state index in [-0.39, 0.29) is 5.82 Å². The Balaban J connectivity index is 1.84. The number of rotatable bonds is 7. The average molecular weight is 378 g/mol. The Morgan fingerprint density at radius 1 is 1.16 bits per heavy atom. The van der Waals surface area contributed by atoms with Crippen LogP contribution in [0.25, 0.3) is 11.4 Å². The quantitative estimate of drug-likeness (QED) is 0.561. The lowest BCUT2D eigenvalue weighted by Gasteiger charge is -2.10. The van der Waals surface area contributed by atoms with Gasteiger partial charge in [-0.05, 0) is 42.0 Å². The lowest BCUT2D eigenvalue weighted by molar-refractivity contribution is 0.185. The summed E-state index contributed by atoms with van der Waals surface area (Å²) in [4.78, 5) is 0. The van der Waals surface area contributed by atoms with Gasteiger partial charge in [0, 0.05) is 23.4 Å². The van der Waals surface area contributed by atoms with Crippen molar-refractivity contribution < 1.29 is 9.13 Å². The lowest BCUT2D eigenvalue weighted by Crippen LogP contribution is -2.07. The third-order valence-corrected chi connectivity index (χ3v) is 4.89. The maximum absolute atomic E-state index is 13.3. The number of halogens is 2. The van der Waals surface area contributed by atoms with Gasteiger partial charge in [-0.2, -0.15) is 0 Å². The molecule has 1 aromatic heterocycles. The van der Waals surface area contributed by atoms with E-state index in [4.69, 9.17) is 16.3 Å². The van der Waals surface area contributed by atoms with Crippen LogP contribution in [0.3, 0.4) is 0 Å². The summed E-state index contributed by atoms with van der Waals surface area (Å²) in [5.41, 5.74) is 1.84. The molecule has 0 spiro atoms. The van der Waals surface area contributed by atoms with Crippen molar-refractivity contribution in [1.29, 1.82) is 0 Å². The fourth-order valence-corrected chi connectivity index (χ4v) is 3.40. The molecule has 0 atom stereocenters. The molecule has 0 saturated carbocycles. The van der Waals surface area contributed by atoms with Crippen molar-refractivity contribution in [3.8, 4) is 11.4 Å². The molecular formula is C18H17ClFN3OS. The third kappa shape index (κ3) is 4.60. The predicted molar refractivity (Wildman–Crippen MR) is 98.3 cm³/mol. The second-order valence-corrected chi connectivity index (χ2v) is 6.76. The van der Waals surface area contributed by atoms with Crippen molar-refractivity contribution in [3.05, 3.63) is 64.9 Å². The number of methoxy groups -OCH3 is 1. The van der Waals surface area contributed by atoms with E-state index in [1.165, 1.54) is 23.9 Å². The molecule has 0 unspecified atom stereocenters. The van der Waals surface area contributed by atoms with Gasteiger partial charge in [0.2, 0.25) is 0 Å². The van der Waals surface area contributed by atoms with Crippen LogP contribution in [0.2, 0.25) is 5.02 Å². The normalized spacial score (nSPS) is 11.0. The van der Waals surface area contributed by atoms with Gasteiger partial charge in [-0.1, -0.05) is 35.5 Å². The summed E-state index contributed by atoms with van der Waals surface area (Å²) in [5, 5.41) is 10.1. The number of hydrogen-bond donors (Lipinski definition) is 0. The Labute approximate surface area is 155 Å². The monoisotopic (exact) mass is 377 g/mol. The SMILES string of the molecule is COCCn1c(SCc2cccc(F)c2)nnc1-c1ccc(Cl)cc1. The molecule has 0 aliphatic heterocycles. The van der Waals surface area contributed by atoms with Gasteiger partial charge >= 0.3 is 0 Å². The predicted octanol–water partition coefficient (Wildman–Crippen LogP) is 4.68. The fourth-order valence-electron chi connectivity index (χ4n) is 2.37. The Morgan fingerprint density at radius 2 is 1.96 bits per heavy atom. The summed E-state index contributed by atoms with van der Waals surface area (Å²) >= 11 is 7.48. The van der Waals surface area contributed by atoms with Gasteiger partial charge in [-0.3, -0.25) is 4.57 Å². The molecule has 4 nitrogen and oxygen atoms in total. The smallest absolute Gasteiger partial charge is 0.191 e. The first-order valence-corrected chi connectivity index (χ1v) is 9.09. The molecule has 0 aliphatic carbocycles. The zero-order chi connectivity index (χ0) is 17.6. The van der Waals surface area contributed by atoms with Crippen molar-refractivity contribution in [2.45, 2.75) is 17.5 Å². The van der Waals surface area contributed by atoms with Crippen molar-refractivity contribution in [2.24, 2.45) is 0 Å². The highest BCUT2D eigenvalue weighted by atomic mass is 35.5. The van der Waals surface area contributed by atoms with E-state index in [1.54, 1.807) is 13.2 Å². The highest BCUT2D eigenvalue weighted by Gasteiger charge is 2.14. The summed E-state index contributed by atoms with van der Waals surface area (Å²) in [5.74, 6) is 1.14. The van der Waals surface area contributed by atoms with Crippen molar-refractivity contribution in [2.75, 3.05) is 13.7 Å². The zero-order valence-corrected chi connectivity index (χ0v) is 15.2. The summed E-state index contributed by atoms with van der Waals surface area (Å²) < 4.78 is 20.5. The summed E-state index contributed by atoms with van der Waals surface area (Å²) in [6.45, 7) is 1.18. The zero-order valence-electron chi connectivity index (χ0n) is 13.7. The molecule has 7 heteroatoms. The molecule has 3 aromatic rings. The number of thioether (sulfide) groups is 1. The molecule has 3 rings (SSSR count). The Kier molecular flexibility index (Phi) is 6.07. The van der Waals surface area contributed by atoms with Crippen LogP contribution in [0.4, 0.5) is 4.39 Å². The Hall–Kier alpha value is -1.89. The second kappa shape index (κ2) is 8.47. The van der Waals surface area contributed by atoms with Gasteiger partial charge in [0.25, 0.3) is 0 Å². The van der Waals surface area contributed by atoms with Crippen LogP contribution < -0.4 is 0 Å². The van der Waals surface area contributed by atoms with Gasteiger partial charge < -0.3 is 4.74 Å². The molecule has 1 heterocycles. The first-order valence-electron chi connectivity index (χ1n) is 7.72. The standard InChI is InChI=1S/C18H17ClFN3OS/c1-24-10-9-23-17(14-5-7-15(19)8-6-14)21-22-18(23)25-12-13-3-2-4-16(20)11-13/h2-8,11H,9-10,12H2,1H3. The molecule has 0 bridgehead atoms. The summed E-state index contributed by atoms with van der Waals surface area (Å²) in [7, 11) is 1.66. The number of nitrogens with zero attached hydrogens (tertiary/aromatic N) is 3. The minimum absolute atomic E-state index is 0.235. The third-order valence-electron chi connectivity index (χ3n) is 3.60. The molecule has 2 aromatic carbocycles. The number of benzene rings is 2. The van der Waals surface area contributed by atoms with Crippen LogP contribution in [-0.2, 0) is 17.0 Å². The molecule has 130 valence electrons. The molecule has 0 fully saturated rings. The average Bonchev–Trinajstić information content (AvgIpc) is 3.01. The van der Waals surface area contributed by atoms with Gasteiger partial charge in [-0.25, -0.2) is 4.39 Å². The number of ether oxygens (including phenoxy) is 1. The Bertz CT molecular complexity index is 839. The van der Waals surface area contributed by atoms with Crippen molar-refractivity contribution >= 4 is 23.4 Å². The van der Waals surface area contributed by atoms with Gasteiger partial charge in [-0.15, -0.1) is 10.2 Å². The minimum atomic E-state index is -0.235. The topological polar surface area (TPSA) is 39.9 Å². The summed E-state index contributed by atoms with van der Waals surface area (Å²) in [6, 6.07) is 14.0. The largest absolute Gasteiger partial charge is 0.383 e. The molecule has 0 amide bonds. The Morgan fingerprint density at radius 3 is 2.68 bits per heavy atom. The van der Waals surface area contributed by atoms with Gasteiger partial charge in [0.15, 0.2) is 11.0 Å². The van der Waals surface area contributed by atoms with Crippen LogP contribution in [0.15, 0.2) is 53.7 Å². The van der Waals surface area contributed by atoms with Crippen LogP contribution >= 0.6 is 23.4 Å². The number of aromatic nitrogens is 3. The lowest BCUT2D eigenvalue weighted by atomic mass is 10.2. The summed E-state index contributed by atoms with van der Waals surface area (Å²) in [6.07, 6.45) is 0. The molecule has 0 N–H and O–H groups in total. The first kappa shape index (κ1) is 17.9. The van der Waals surface area contributed by atoms with Crippen LogP contribution in [0.1, 0.15) is 5.56 Å². The van der Waals surface area contributed by atoms with E-state index in [0.29, 0.717) is 23.9 Å². The maximum atomic E-state index is 13.3. The van der Waals surface area contributed by atoms with Crippen LogP contribution in [0, 0.1) is 5.82 Å². The molecule has 0 aliphatic rings. The highest BCUT2D eigenvalue weighted by Crippen LogP contribution is 2.27. The minimum Gasteiger partial charge on any atom is -0.383 e. The van der Waals surface area contributed by atoms with Gasteiger partial charge in [0.05, 0.1) is 13.2 Å². The molecule has 0 saturated heterocycles. The van der Waals surface area contributed by atoms with E-state index in [1.807, 2.05) is 34.9 Å². The molecular weight excluding hydrogens is 361 g/mol. The van der Waals surface area contributed by atoms with Gasteiger partial charge in [0.1, 0.15) is 5.82 Å². The second-order valence-electron chi connectivity index (χ2n) is 5.38. The van der Waals surface area contributed by atoms with Crippen molar-refractivity contribution in [3.63, 3.8) is 0 Å². The van der Waals surface area contributed by atoms with Crippen LogP contribution in [0.5, 0.6) is 0 Å². The fraction of sp³-hybridized carbons (Fsp3) is 0.222. The van der Waals surface area contributed by atoms with E-state index < -0.39 is 0 Å². The van der Waals surface area contributed by atoms with Crippen LogP contribution in [-0.4, -0.2) is 28.5 Å². The highest BCUT2D eigenvalue weighted by molar-refractivity contribution is 7.98. The first-order chi connectivity index (χ1) is 12.2. The van der Waals surface area contributed by atoms with Crippen molar-refractivity contribution in [1.82, 2.24) is 14.8 Å². The van der Waals surface area contributed by atoms with E-state index in [9.17, 15) is 4.39 Å². The maximum Gasteiger partial charge on any atom is 0.191 e. The molecule has 25 heavy (non-hydrogen) atoms. The van der Waals surface area contributed by atoms with E-state index >= 15 is 0 Å². The van der Waals surface area contributed by atoms with E-state index in [2.05, 4.69) is 10.2 Å². The molecule has 0 radical (unpaired) electrons. The number of hydrogen-bond acceptors (Lipinski definition) is 4.